The Balaban J connectivity index is 4.68. The largest absolute Gasteiger partial charge is 0.396 e. The van der Waals surface area contributed by atoms with E-state index in [1.165, 1.54) is 14.0 Å². The Labute approximate surface area is 90.5 Å². The summed E-state index contributed by atoms with van der Waals surface area (Å²) in [5, 5.41) is 16.2. The number of nitrogens with zero attached hydrogens (tertiary/aromatic N) is 1. The summed E-state index contributed by atoms with van der Waals surface area (Å²) < 4.78 is 0. The van der Waals surface area contributed by atoms with E-state index in [-0.39, 0.29) is 0 Å². The molecule has 2 unspecified atom stereocenters. The van der Waals surface area contributed by atoms with Gasteiger partial charge >= 0.3 is 0 Å². The van der Waals surface area contributed by atoms with E-state index in [2.05, 4.69) is 10.5 Å². The summed E-state index contributed by atoms with van der Waals surface area (Å²) in [6.45, 7) is 7.19. The summed E-state index contributed by atoms with van der Waals surface area (Å²) in [7, 11) is 1.48. The Hall–Kier alpha value is -1.10. The molecule has 0 saturated carbocycles. The fourth-order valence-corrected chi connectivity index (χ4v) is 1.10. The van der Waals surface area contributed by atoms with Gasteiger partial charge in [0.05, 0.1) is 5.71 Å². The van der Waals surface area contributed by atoms with Gasteiger partial charge in [-0.2, -0.15) is 0 Å². The molecule has 88 valence electrons. The highest BCUT2D eigenvalue weighted by Gasteiger charge is 2.37. The lowest BCUT2D eigenvalue weighted by atomic mass is 9.86. The molecule has 0 aliphatic rings. The van der Waals surface area contributed by atoms with Crippen molar-refractivity contribution in [3.63, 3.8) is 0 Å². The lowest BCUT2D eigenvalue weighted by Crippen LogP contribution is -2.50. The summed E-state index contributed by atoms with van der Waals surface area (Å²) >= 11 is 0. The van der Waals surface area contributed by atoms with Gasteiger partial charge < -0.3 is 15.3 Å². The van der Waals surface area contributed by atoms with Gasteiger partial charge in [0.1, 0.15) is 12.2 Å². The van der Waals surface area contributed by atoms with Crippen LogP contribution in [-0.2, 0) is 9.63 Å². The van der Waals surface area contributed by atoms with E-state index in [4.69, 9.17) is 4.84 Å². The van der Waals surface area contributed by atoms with Crippen LogP contribution in [0.3, 0.4) is 0 Å². The zero-order valence-electron chi connectivity index (χ0n) is 10.00. The third kappa shape index (κ3) is 3.51. The van der Waals surface area contributed by atoms with E-state index in [1.807, 2.05) is 6.92 Å². The number of hydrogen-bond donors (Lipinski definition) is 2. The minimum absolute atomic E-state index is 0.399. The Morgan fingerprint density at radius 3 is 2.60 bits per heavy atom. The highest BCUT2D eigenvalue weighted by atomic mass is 16.6. The second-order valence-electron chi connectivity index (χ2n) is 3.60. The molecule has 0 saturated heterocycles. The SMILES string of the molecule is CCON=C(C)C(C)C(C)(O)C(=O)NC. The first-order valence-electron chi connectivity index (χ1n) is 4.98. The number of amides is 1. The van der Waals surface area contributed by atoms with Crippen molar-refractivity contribution in [2.45, 2.75) is 33.3 Å². The van der Waals surface area contributed by atoms with Gasteiger partial charge in [-0.3, -0.25) is 4.79 Å². The van der Waals surface area contributed by atoms with E-state index in [9.17, 15) is 9.90 Å². The van der Waals surface area contributed by atoms with Gasteiger partial charge in [0.2, 0.25) is 0 Å². The van der Waals surface area contributed by atoms with Gasteiger partial charge in [0.25, 0.3) is 5.91 Å². The van der Waals surface area contributed by atoms with Crippen molar-refractivity contribution in [1.82, 2.24) is 5.32 Å². The van der Waals surface area contributed by atoms with Crippen molar-refractivity contribution in [2.24, 2.45) is 11.1 Å². The minimum Gasteiger partial charge on any atom is -0.396 e. The summed E-state index contributed by atoms with van der Waals surface area (Å²) in [5.74, 6) is -0.829. The summed E-state index contributed by atoms with van der Waals surface area (Å²) in [4.78, 5) is 16.3. The predicted octanol–water partition coefficient (Wildman–Crippen LogP) is 0.532. The average molecular weight is 216 g/mol. The van der Waals surface area contributed by atoms with Crippen LogP contribution in [0.15, 0.2) is 5.16 Å². The zero-order valence-corrected chi connectivity index (χ0v) is 10.00. The van der Waals surface area contributed by atoms with Crippen LogP contribution in [-0.4, -0.2) is 36.0 Å². The first kappa shape index (κ1) is 13.9. The molecule has 5 heteroatoms. The van der Waals surface area contributed by atoms with Gasteiger partial charge in [0.15, 0.2) is 0 Å². The fraction of sp³-hybridized carbons (Fsp3) is 0.800. The van der Waals surface area contributed by atoms with Crippen LogP contribution in [0.1, 0.15) is 27.7 Å². The standard InChI is InChI=1S/C10H20N2O3/c1-6-15-12-8(3)7(2)10(4,14)9(13)11-5/h7,14H,6H2,1-5H3,(H,11,13). The predicted molar refractivity (Wildman–Crippen MR) is 58.6 cm³/mol. The maximum absolute atomic E-state index is 11.4. The average Bonchev–Trinajstić information content (AvgIpc) is 2.23. The Morgan fingerprint density at radius 2 is 2.20 bits per heavy atom. The van der Waals surface area contributed by atoms with Crippen molar-refractivity contribution < 1.29 is 14.7 Å². The number of hydrogen-bond acceptors (Lipinski definition) is 4. The molecule has 0 heterocycles. The van der Waals surface area contributed by atoms with E-state index in [0.29, 0.717) is 12.3 Å². The van der Waals surface area contributed by atoms with Crippen LogP contribution in [0.25, 0.3) is 0 Å². The topological polar surface area (TPSA) is 70.9 Å². The molecular formula is C10H20N2O3. The molecular weight excluding hydrogens is 196 g/mol. The van der Waals surface area contributed by atoms with Crippen molar-refractivity contribution in [2.75, 3.05) is 13.7 Å². The van der Waals surface area contributed by atoms with Crippen LogP contribution in [0.5, 0.6) is 0 Å². The number of rotatable bonds is 5. The maximum Gasteiger partial charge on any atom is 0.252 e. The molecule has 15 heavy (non-hydrogen) atoms. The highest BCUT2D eigenvalue weighted by molar-refractivity contribution is 5.94. The molecule has 0 fully saturated rings. The molecule has 5 nitrogen and oxygen atoms in total. The molecule has 0 rings (SSSR count). The minimum atomic E-state index is -1.47. The fourth-order valence-electron chi connectivity index (χ4n) is 1.10. The number of carbonyl (C=O) groups excluding carboxylic acids is 1. The zero-order chi connectivity index (χ0) is 12.1. The Kier molecular flexibility index (Phi) is 5.28. The van der Waals surface area contributed by atoms with E-state index in [0.717, 1.165) is 0 Å². The quantitative estimate of drug-likeness (QED) is 0.520. The summed E-state index contributed by atoms with van der Waals surface area (Å²) in [6.07, 6.45) is 0. The summed E-state index contributed by atoms with van der Waals surface area (Å²) in [5.41, 5.74) is -0.884. The van der Waals surface area contributed by atoms with Crippen molar-refractivity contribution in [3.8, 4) is 0 Å². The molecule has 0 radical (unpaired) electrons. The van der Waals surface area contributed by atoms with Crippen molar-refractivity contribution in [1.29, 1.82) is 0 Å². The van der Waals surface area contributed by atoms with Crippen LogP contribution in [0.4, 0.5) is 0 Å². The van der Waals surface area contributed by atoms with Gasteiger partial charge in [-0.05, 0) is 20.8 Å². The smallest absolute Gasteiger partial charge is 0.252 e. The number of likely N-dealkylation sites (N-methyl/N-ethyl adjacent to an activating group) is 1. The van der Waals surface area contributed by atoms with Crippen LogP contribution in [0, 0.1) is 5.92 Å². The third-order valence-electron chi connectivity index (χ3n) is 2.49. The first-order chi connectivity index (χ1) is 6.87. The maximum atomic E-state index is 11.4. The molecule has 2 N–H and O–H groups in total. The molecule has 0 aromatic rings. The molecule has 0 aliphatic carbocycles. The molecule has 0 spiro atoms. The lowest BCUT2D eigenvalue weighted by molar-refractivity contribution is -0.140. The molecule has 0 bridgehead atoms. The van der Waals surface area contributed by atoms with Gasteiger partial charge in [-0.25, -0.2) is 0 Å². The molecule has 0 aromatic heterocycles. The van der Waals surface area contributed by atoms with Gasteiger partial charge in [-0.15, -0.1) is 0 Å². The number of nitrogens with one attached hydrogen (secondary N) is 1. The second-order valence-corrected chi connectivity index (χ2v) is 3.60. The third-order valence-corrected chi connectivity index (χ3v) is 2.49. The van der Waals surface area contributed by atoms with Crippen LogP contribution >= 0.6 is 0 Å². The lowest BCUT2D eigenvalue weighted by Gasteiger charge is -2.27. The summed E-state index contributed by atoms with van der Waals surface area (Å²) in [6, 6.07) is 0. The van der Waals surface area contributed by atoms with E-state index in [1.54, 1.807) is 13.8 Å². The number of carbonyl (C=O) groups is 1. The second kappa shape index (κ2) is 5.70. The Morgan fingerprint density at radius 1 is 1.67 bits per heavy atom. The Bertz CT molecular complexity index is 249. The monoisotopic (exact) mass is 216 g/mol. The molecule has 1 amide bonds. The van der Waals surface area contributed by atoms with Gasteiger partial charge in [0, 0.05) is 13.0 Å². The number of aliphatic hydroxyl groups is 1. The van der Waals surface area contributed by atoms with Gasteiger partial charge in [-0.1, -0.05) is 12.1 Å². The van der Waals surface area contributed by atoms with Crippen LogP contribution in [0.2, 0.25) is 0 Å². The normalized spacial score (nSPS) is 17.9. The van der Waals surface area contributed by atoms with Crippen molar-refractivity contribution >= 4 is 11.6 Å². The van der Waals surface area contributed by atoms with Crippen LogP contribution < -0.4 is 5.32 Å². The molecule has 0 aliphatic heterocycles. The van der Waals surface area contributed by atoms with E-state index >= 15 is 0 Å². The molecule has 0 aromatic carbocycles. The number of oxime groups is 1. The van der Waals surface area contributed by atoms with Crippen molar-refractivity contribution in [3.05, 3.63) is 0 Å². The highest BCUT2D eigenvalue weighted by Crippen LogP contribution is 2.18. The molecule has 2 atom stereocenters. The first-order valence-corrected chi connectivity index (χ1v) is 4.98. The van der Waals surface area contributed by atoms with E-state index < -0.39 is 17.4 Å².